The first-order valence-electron chi connectivity index (χ1n) is 7.30. The predicted molar refractivity (Wildman–Crippen MR) is 76.8 cm³/mol. The van der Waals surface area contributed by atoms with Gasteiger partial charge in [0.25, 0.3) is 0 Å². The molecule has 0 aliphatic carbocycles. The maximum absolute atomic E-state index is 6.15. The van der Waals surface area contributed by atoms with Gasteiger partial charge in [0, 0.05) is 30.7 Å². The number of likely N-dealkylation sites (N-methyl/N-ethyl adjacent to an activating group) is 2. The first-order valence-corrected chi connectivity index (χ1v) is 7.30. The average Bonchev–Trinajstić information content (AvgIpc) is 2.66. The minimum Gasteiger partial charge on any atom is -0.329 e. The summed E-state index contributed by atoms with van der Waals surface area (Å²) in [5.41, 5.74) is 6.35. The van der Waals surface area contributed by atoms with Crippen molar-refractivity contribution >= 4 is 0 Å². The first kappa shape index (κ1) is 14.3. The van der Waals surface area contributed by atoms with Gasteiger partial charge in [-0.1, -0.05) is 0 Å². The summed E-state index contributed by atoms with van der Waals surface area (Å²) < 4.78 is 0. The van der Waals surface area contributed by atoms with Crippen LogP contribution in [0.1, 0.15) is 26.2 Å². The van der Waals surface area contributed by atoms with E-state index in [1.165, 1.54) is 32.4 Å². The SMILES string of the molecule is CC1CC(CN)(N(C)C2CCN(C)CC2)CN1C. The Morgan fingerprint density at radius 1 is 1.28 bits per heavy atom. The molecule has 0 aromatic carbocycles. The van der Waals surface area contributed by atoms with Crippen molar-refractivity contribution in [2.45, 2.75) is 43.8 Å². The van der Waals surface area contributed by atoms with Crippen LogP contribution in [0.3, 0.4) is 0 Å². The smallest absolute Gasteiger partial charge is 0.0473 e. The molecule has 0 aromatic rings. The summed E-state index contributed by atoms with van der Waals surface area (Å²) in [6.07, 6.45) is 3.78. The maximum atomic E-state index is 6.15. The summed E-state index contributed by atoms with van der Waals surface area (Å²) in [7, 11) is 6.75. The third-order valence-corrected chi connectivity index (χ3v) is 5.34. The molecule has 0 aromatic heterocycles. The van der Waals surface area contributed by atoms with Gasteiger partial charge in [0.05, 0.1) is 0 Å². The molecular weight excluding hydrogens is 224 g/mol. The molecule has 2 N–H and O–H groups in total. The minimum atomic E-state index is 0.203. The zero-order valence-electron chi connectivity index (χ0n) is 12.5. The van der Waals surface area contributed by atoms with Gasteiger partial charge in [-0.15, -0.1) is 0 Å². The number of nitrogens with zero attached hydrogens (tertiary/aromatic N) is 3. The fraction of sp³-hybridized carbons (Fsp3) is 1.00. The molecule has 2 atom stereocenters. The van der Waals surface area contributed by atoms with Gasteiger partial charge in [0.2, 0.25) is 0 Å². The molecule has 2 heterocycles. The highest BCUT2D eigenvalue weighted by Gasteiger charge is 2.45. The van der Waals surface area contributed by atoms with Crippen LogP contribution in [0.5, 0.6) is 0 Å². The van der Waals surface area contributed by atoms with Crippen molar-refractivity contribution in [3.05, 3.63) is 0 Å². The summed E-state index contributed by atoms with van der Waals surface area (Å²) in [4.78, 5) is 7.50. The van der Waals surface area contributed by atoms with E-state index < -0.39 is 0 Å². The van der Waals surface area contributed by atoms with Crippen LogP contribution >= 0.6 is 0 Å². The monoisotopic (exact) mass is 254 g/mol. The normalized spacial score (nSPS) is 36.7. The van der Waals surface area contributed by atoms with Crippen molar-refractivity contribution < 1.29 is 0 Å². The Morgan fingerprint density at radius 2 is 1.89 bits per heavy atom. The molecule has 2 rings (SSSR count). The lowest BCUT2D eigenvalue weighted by Gasteiger charge is -2.45. The molecule has 0 bridgehead atoms. The largest absolute Gasteiger partial charge is 0.329 e. The van der Waals surface area contributed by atoms with Crippen LogP contribution in [0.15, 0.2) is 0 Å². The van der Waals surface area contributed by atoms with Gasteiger partial charge in [-0.2, -0.15) is 0 Å². The van der Waals surface area contributed by atoms with Crippen LogP contribution in [-0.4, -0.2) is 79.6 Å². The van der Waals surface area contributed by atoms with Gasteiger partial charge in [-0.25, -0.2) is 0 Å². The third-order valence-electron chi connectivity index (χ3n) is 5.34. The maximum Gasteiger partial charge on any atom is 0.0473 e. The lowest BCUT2D eigenvalue weighted by Crippen LogP contribution is -2.59. The van der Waals surface area contributed by atoms with Crippen molar-refractivity contribution in [1.82, 2.24) is 14.7 Å². The summed E-state index contributed by atoms with van der Waals surface area (Å²) in [6.45, 7) is 6.67. The Balaban J connectivity index is 2.04. The first-order chi connectivity index (χ1) is 8.48. The summed E-state index contributed by atoms with van der Waals surface area (Å²) in [5, 5.41) is 0. The van der Waals surface area contributed by atoms with E-state index in [2.05, 4.69) is 42.8 Å². The average molecular weight is 254 g/mol. The fourth-order valence-electron chi connectivity index (χ4n) is 3.71. The highest BCUT2D eigenvalue weighted by atomic mass is 15.3. The number of hydrogen-bond donors (Lipinski definition) is 1. The number of piperidine rings is 1. The summed E-state index contributed by atoms with van der Waals surface area (Å²) >= 11 is 0. The molecule has 2 saturated heterocycles. The van der Waals surface area contributed by atoms with E-state index in [1.54, 1.807) is 0 Å². The van der Waals surface area contributed by atoms with Crippen molar-refractivity contribution in [2.24, 2.45) is 5.73 Å². The molecule has 0 radical (unpaired) electrons. The van der Waals surface area contributed by atoms with Crippen molar-refractivity contribution in [3.63, 3.8) is 0 Å². The molecule has 0 saturated carbocycles. The number of rotatable bonds is 3. The van der Waals surface area contributed by atoms with Crippen LogP contribution < -0.4 is 5.73 Å². The second-order valence-corrected chi connectivity index (χ2v) is 6.54. The van der Waals surface area contributed by atoms with Gasteiger partial charge < -0.3 is 15.5 Å². The third kappa shape index (κ3) is 2.57. The number of likely N-dealkylation sites (tertiary alicyclic amines) is 2. The lowest BCUT2D eigenvalue weighted by molar-refractivity contribution is 0.0494. The molecule has 0 amide bonds. The summed E-state index contributed by atoms with van der Waals surface area (Å²) in [6, 6.07) is 1.37. The molecule has 0 spiro atoms. The highest BCUT2D eigenvalue weighted by molar-refractivity contribution is 5.03. The van der Waals surface area contributed by atoms with Crippen molar-refractivity contribution in [1.29, 1.82) is 0 Å². The Morgan fingerprint density at radius 3 is 2.33 bits per heavy atom. The van der Waals surface area contributed by atoms with Crippen LogP contribution in [0.2, 0.25) is 0 Å². The van der Waals surface area contributed by atoms with Crippen molar-refractivity contribution in [2.75, 3.05) is 47.3 Å². The van der Waals surface area contributed by atoms with E-state index in [-0.39, 0.29) is 5.54 Å². The second kappa shape index (κ2) is 5.45. The van der Waals surface area contributed by atoms with Crippen LogP contribution in [0.4, 0.5) is 0 Å². The zero-order chi connectivity index (χ0) is 13.3. The Bertz CT molecular complexity index is 263. The molecule has 2 fully saturated rings. The van der Waals surface area contributed by atoms with E-state index in [0.29, 0.717) is 12.1 Å². The molecule has 18 heavy (non-hydrogen) atoms. The highest BCUT2D eigenvalue weighted by Crippen LogP contribution is 2.33. The fourth-order valence-corrected chi connectivity index (χ4v) is 3.71. The Labute approximate surface area is 112 Å². The second-order valence-electron chi connectivity index (χ2n) is 6.54. The number of hydrogen-bond acceptors (Lipinski definition) is 4. The van der Waals surface area contributed by atoms with Crippen LogP contribution in [0, 0.1) is 0 Å². The van der Waals surface area contributed by atoms with Gasteiger partial charge in [-0.3, -0.25) is 4.90 Å². The minimum absolute atomic E-state index is 0.203. The molecule has 106 valence electrons. The summed E-state index contributed by atoms with van der Waals surface area (Å²) in [5.74, 6) is 0. The van der Waals surface area contributed by atoms with Crippen molar-refractivity contribution in [3.8, 4) is 0 Å². The van der Waals surface area contributed by atoms with Gasteiger partial charge in [-0.05, 0) is 60.4 Å². The lowest BCUT2D eigenvalue weighted by atomic mass is 9.90. The van der Waals surface area contributed by atoms with E-state index >= 15 is 0 Å². The van der Waals surface area contributed by atoms with E-state index in [9.17, 15) is 0 Å². The van der Waals surface area contributed by atoms with E-state index in [4.69, 9.17) is 5.73 Å². The topological polar surface area (TPSA) is 35.7 Å². The molecule has 2 unspecified atom stereocenters. The van der Waals surface area contributed by atoms with Gasteiger partial charge in [0.15, 0.2) is 0 Å². The Hall–Kier alpha value is -0.160. The zero-order valence-corrected chi connectivity index (χ0v) is 12.5. The van der Waals surface area contributed by atoms with Crippen LogP contribution in [-0.2, 0) is 0 Å². The molecule has 4 nitrogen and oxygen atoms in total. The number of nitrogens with two attached hydrogens (primary N) is 1. The predicted octanol–water partition coefficient (Wildman–Crippen LogP) is 0.434. The Kier molecular flexibility index (Phi) is 4.32. The standard InChI is InChI=1S/C14H30N4/c1-12-9-14(10-15,11-17(12)3)18(4)13-5-7-16(2)8-6-13/h12-13H,5-11,15H2,1-4H3. The molecule has 2 aliphatic rings. The van der Waals surface area contributed by atoms with Gasteiger partial charge in [0.1, 0.15) is 0 Å². The quantitative estimate of drug-likeness (QED) is 0.792. The van der Waals surface area contributed by atoms with Gasteiger partial charge >= 0.3 is 0 Å². The van der Waals surface area contributed by atoms with E-state index in [1.807, 2.05) is 0 Å². The van der Waals surface area contributed by atoms with E-state index in [0.717, 1.165) is 13.1 Å². The molecular formula is C14H30N4. The molecule has 4 heteroatoms. The van der Waals surface area contributed by atoms with Crippen LogP contribution in [0.25, 0.3) is 0 Å². The molecule has 2 aliphatic heterocycles.